The van der Waals surface area contributed by atoms with Crippen molar-refractivity contribution in [3.63, 3.8) is 0 Å². The first-order valence-corrected chi connectivity index (χ1v) is 0. The van der Waals surface area contributed by atoms with Crippen LogP contribution in [-0.2, 0) is 106 Å². The van der Waals surface area contributed by atoms with E-state index in [1.54, 1.807) is 0 Å². The number of hydrogen-bond acceptors (Lipinski definition) is 2. The Morgan fingerprint density at radius 3 is 0.222 bits per heavy atom. The zero-order valence-corrected chi connectivity index (χ0v) is 19.3. The van der Waals surface area contributed by atoms with Gasteiger partial charge < -0.3 is 134 Å². The summed E-state index contributed by atoms with van der Waals surface area (Å²) in [5, 5.41) is 0. The fourth-order valence-corrected chi connectivity index (χ4v) is 0. The second-order valence-corrected chi connectivity index (χ2v) is 0. The topological polar surface area (TPSA) is 390 Å². The van der Waals surface area contributed by atoms with E-state index in [0.717, 1.165) is 0 Å². The molecule has 32 N–H and O–H groups in total. The van der Waals surface area contributed by atoms with Crippen molar-refractivity contribution in [2.45, 2.75) is 0 Å². The zero-order chi connectivity index (χ0) is 0. The van der Waals surface area contributed by atoms with E-state index in [9.17, 15) is 0 Å². The van der Waals surface area contributed by atoms with Crippen LogP contribution in [0.5, 0.6) is 0 Å². The monoisotopic (exact) mass is 630 g/mol. The second-order valence-electron chi connectivity index (χ2n) is 0. The molecule has 18 heavy (non-hydrogen) atoms. The van der Waals surface area contributed by atoms with Crippen molar-refractivity contribution in [1.82, 2.24) is 0 Å². The molecule has 0 aliphatic heterocycles. The van der Waals surface area contributed by atoms with Gasteiger partial charge in [0, 0.05) is 0 Å². The van der Waals surface area contributed by atoms with E-state index in [4.69, 9.17) is 0 Å². The van der Waals surface area contributed by atoms with Gasteiger partial charge in [0.25, 0.3) is 0 Å². The van der Waals surface area contributed by atoms with Gasteiger partial charge >= 0.3 is 51.7 Å². The van der Waals surface area contributed by atoms with Crippen molar-refractivity contribution in [2.75, 3.05) is 0 Å². The fourth-order valence-electron chi connectivity index (χ4n) is 0. The SMILES string of the molecule is [Br-].[Br-].[Br-].[Br-].[OH-].[OH-].[OH3+].[OH3+].[OH3+].[OH3+].[OH3+].[OH3+].[OH3+].[OH3+].[OH3+].[OH3+].[Sc+3].[Sc+3]. The van der Waals surface area contributed by atoms with Gasteiger partial charge in [0.15, 0.2) is 0 Å². The minimum Gasteiger partial charge on any atom is -1.00 e. The average Bonchev–Trinajstić information content (AvgIpc) is 0. The maximum atomic E-state index is 0. The molecule has 0 heterocycles. The molecule has 0 aliphatic carbocycles. The van der Waals surface area contributed by atoms with Crippen LogP contribution in [0.15, 0.2) is 0 Å². The Labute approximate surface area is 183 Å². The van der Waals surface area contributed by atoms with Crippen molar-refractivity contribution in [1.29, 1.82) is 0 Å². The molecule has 0 saturated carbocycles. The van der Waals surface area contributed by atoms with E-state index in [1.165, 1.54) is 0 Å². The third kappa shape index (κ3) is 627. The van der Waals surface area contributed by atoms with Crippen LogP contribution in [0.1, 0.15) is 0 Å². The van der Waals surface area contributed by atoms with E-state index in [0.29, 0.717) is 0 Å². The molecular weight excluding hydrogens is 602 g/mol. The molecule has 0 atom stereocenters. The molecule has 0 fully saturated rings. The summed E-state index contributed by atoms with van der Waals surface area (Å²) in [5.74, 6) is 0. The largest absolute Gasteiger partial charge is 3.00 e. The predicted molar refractivity (Wildman–Crippen MR) is 52.6 cm³/mol. The van der Waals surface area contributed by atoms with Gasteiger partial charge in [-0.25, -0.2) is 0 Å². The summed E-state index contributed by atoms with van der Waals surface area (Å²) in [6, 6.07) is 0. The minimum absolute atomic E-state index is 0. The van der Waals surface area contributed by atoms with Crippen molar-refractivity contribution in [3.8, 4) is 0 Å². The van der Waals surface area contributed by atoms with Gasteiger partial charge in [-0.05, 0) is 0 Å². The van der Waals surface area contributed by atoms with Gasteiger partial charge in [-0.15, -0.1) is 0 Å². The van der Waals surface area contributed by atoms with Crippen LogP contribution in [0.3, 0.4) is 0 Å². The Bertz CT molecular complexity index is 22.0. The number of halogens is 4. The molecular formula is H32Br4O12Sc2+10. The second kappa shape index (κ2) is 734. The van der Waals surface area contributed by atoms with Crippen LogP contribution < -0.4 is 67.9 Å². The van der Waals surface area contributed by atoms with E-state index in [-0.39, 0.29) is 185 Å². The summed E-state index contributed by atoms with van der Waals surface area (Å²) >= 11 is 0. The molecule has 12 nitrogen and oxygen atoms in total. The molecule has 0 aliphatic rings. The molecule has 128 valence electrons. The van der Waals surface area contributed by atoms with Gasteiger partial charge in [0.1, 0.15) is 0 Å². The first-order valence-electron chi connectivity index (χ1n) is 0. The van der Waals surface area contributed by atoms with Crippen LogP contribution in [-0.4, -0.2) is 11.0 Å². The maximum Gasteiger partial charge on any atom is 3.00 e. The van der Waals surface area contributed by atoms with Crippen LogP contribution in [0.2, 0.25) is 0 Å². The smallest absolute Gasteiger partial charge is 1.00 e. The molecule has 0 spiro atoms. The third-order valence-electron chi connectivity index (χ3n) is 0. The number of hydrogen-bond donors (Lipinski definition) is 0. The summed E-state index contributed by atoms with van der Waals surface area (Å²) in [7, 11) is 0. The molecule has 0 bridgehead atoms. The number of rotatable bonds is 0. The Balaban J connectivity index is 0. The molecule has 0 aromatic carbocycles. The molecule has 0 unspecified atom stereocenters. The van der Waals surface area contributed by atoms with Crippen molar-refractivity contribution >= 4 is 0 Å². The molecule has 0 aromatic heterocycles. The van der Waals surface area contributed by atoms with Crippen LogP contribution in [0.25, 0.3) is 0 Å². The van der Waals surface area contributed by atoms with Gasteiger partial charge in [-0.3, -0.25) is 0 Å². The fraction of sp³-hybridized carbons (Fsp3) is 0. The molecule has 0 radical (unpaired) electrons. The van der Waals surface area contributed by atoms with Crippen LogP contribution in [0, 0.1) is 0 Å². The standard InChI is InChI=1S/4BrH.12H2O.2Sc/h4*1H;12*1H2;;/q;;;;;;;;;;;;;;;;2*+3/p+4. The minimum atomic E-state index is 0. The van der Waals surface area contributed by atoms with Gasteiger partial charge in [0.05, 0.1) is 0 Å². The van der Waals surface area contributed by atoms with Gasteiger partial charge in [0.2, 0.25) is 0 Å². The zero-order valence-electron chi connectivity index (χ0n) is 9.33. The van der Waals surface area contributed by atoms with Gasteiger partial charge in [-0.1, -0.05) is 0 Å². The van der Waals surface area contributed by atoms with E-state index < -0.39 is 0 Å². The van der Waals surface area contributed by atoms with E-state index >= 15 is 0 Å². The first kappa shape index (κ1) is 853. The van der Waals surface area contributed by atoms with Crippen molar-refractivity contribution in [2.24, 2.45) is 0 Å². The van der Waals surface area contributed by atoms with E-state index in [1.807, 2.05) is 0 Å². The Morgan fingerprint density at radius 1 is 0.222 bits per heavy atom. The molecule has 0 amide bonds. The Hall–Kier alpha value is 3.18. The van der Waals surface area contributed by atoms with Crippen molar-refractivity contribution in [3.05, 3.63) is 0 Å². The normalized spacial score (nSPS) is 0. The first-order chi connectivity index (χ1) is 0. The molecule has 18 heteroatoms. The van der Waals surface area contributed by atoms with Crippen LogP contribution >= 0.6 is 0 Å². The maximum absolute atomic E-state index is 0. The Morgan fingerprint density at radius 2 is 0.222 bits per heavy atom. The quantitative estimate of drug-likeness (QED) is 0.234. The molecule has 0 aromatic rings. The summed E-state index contributed by atoms with van der Waals surface area (Å²) < 4.78 is 0. The predicted octanol–water partition coefficient (Wildman–Crippen LogP) is -21.6. The summed E-state index contributed by atoms with van der Waals surface area (Å²) in [5.41, 5.74) is 0. The van der Waals surface area contributed by atoms with Crippen molar-refractivity contribution < 1.29 is 185 Å². The van der Waals surface area contributed by atoms with E-state index in [2.05, 4.69) is 0 Å². The van der Waals surface area contributed by atoms with Gasteiger partial charge in [-0.2, -0.15) is 0 Å². The summed E-state index contributed by atoms with van der Waals surface area (Å²) in [6.07, 6.45) is 0. The molecule has 0 rings (SSSR count). The summed E-state index contributed by atoms with van der Waals surface area (Å²) in [6.45, 7) is 0. The average molecular weight is 634 g/mol. The molecule has 0 saturated heterocycles. The summed E-state index contributed by atoms with van der Waals surface area (Å²) in [4.78, 5) is 0. The Kier molecular flexibility index (Phi) is 34800. The third-order valence-corrected chi connectivity index (χ3v) is 0. The van der Waals surface area contributed by atoms with Crippen LogP contribution in [0.4, 0.5) is 0 Å².